The van der Waals surface area contributed by atoms with E-state index >= 15 is 0 Å². The Kier molecular flexibility index (Phi) is 17.7. The Morgan fingerprint density at radius 2 is 1.76 bits per heavy atom. The number of esters is 1. The molecule has 2 bridgehead atoms. The number of Topliss-reactive ketones (excluding diaryl/α,β-unsaturated/α-hetero) is 1. The van der Waals surface area contributed by atoms with Gasteiger partial charge in [0.25, 0.3) is 0 Å². The quantitative estimate of drug-likeness (QED) is 0.125. The van der Waals surface area contributed by atoms with Gasteiger partial charge in [-0.15, -0.1) is 11.3 Å². The molecule has 17 heteroatoms. The molecule has 0 saturated carbocycles. The Labute approximate surface area is 374 Å². The van der Waals surface area contributed by atoms with Crippen molar-refractivity contribution in [2.24, 2.45) is 33.1 Å². The van der Waals surface area contributed by atoms with Gasteiger partial charge < -0.3 is 48.5 Å². The van der Waals surface area contributed by atoms with Crippen LogP contribution in [-0.2, 0) is 61.0 Å². The molecule has 3 aliphatic heterocycles. The second-order valence-electron chi connectivity index (χ2n) is 17.7. The van der Waals surface area contributed by atoms with Gasteiger partial charge in [0.1, 0.15) is 36.0 Å². The number of aliphatic imine (C=N–C) groups is 1. The van der Waals surface area contributed by atoms with Crippen molar-refractivity contribution in [3.8, 4) is 0 Å². The lowest BCUT2D eigenvalue weighted by atomic mass is 9.76. The second-order valence-corrected chi connectivity index (χ2v) is 18.9. The van der Waals surface area contributed by atoms with Crippen molar-refractivity contribution in [1.29, 1.82) is 0 Å². The summed E-state index contributed by atoms with van der Waals surface area (Å²) in [7, 11) is 3.73. The molecule has 16 nitrogen and oxygen atoms in total. The zero-order chi connectivity index (χ0) is 46.1. The second kappa shape index (κ2) is 22.3. The first-order valence-electron chi connectivity index (χ1n) is 21.7. The van der Waals surface area contributed by atoms with Crippen LogP contribution in [-0.4, -0.2) is 132 Å². The van der Waals surface area contributed by atoms with Crippen LogP contribution in [0.25, 0.3) is 0 Å². The monoisotopic (exact) mass is 898 g/mol. The fourth-order valence-electron chi connectivity index (χ4n) is 8.52. The van der Waals surface area contributed by atoms with Gasteiger partial charge >= 0.3 is 5.97 Å². The SMILES string of the molecule is CC[C@H]1OC(=O)[C@H](C)C(=O)[C@H](C)[C@@H](O[C@@H]2O[C@H](C)C[C@H](N(C)C)[C@H]2O)[C@@]2(C)C[C@@H](C)C(=NC(C)=O)C[C@@H](OC/C(=N/OCc3ccc(/C=N/OCc4ccccc4)s3)CO2)[C@]1(C)O. The summed E-state index contributed by atoms with van der Waals surface area (Å²) in [5.41, 5.74) is -1.51. The summed E-state index contributed by atoms with van der Waals surface area (Å²) < 4.78 is 32.3. The van der Waals surface area contributed by atoms with E-state index in [-0.39, 0.29) is 51.2 Å². The number of cyclic esters (lactones) is 1. The van der Waals surface area contributed by atoms with Gasteiger partial charge in [0, 0.05) is 40.8 Å². The zero-order valence-corrected chi connectivity index (χ0v) is 39.0. The van der Waals surface area contributed by atoms with Crippen LogP contribution >= 0.6 is 11.3 Å². The first-order chi connectivity index (χ1) is 29.8. The average molecular weight is 899 g/mol. The number of aliphatic hydroxyl groups excluding tert-OH is 1. The molecule has 1 aromatic carbocycles. The van der Waals surface area contributed by atoms with E-state index in [1.54, 1.807) is 27.0 Å². The molecule has 0 radical (unpaired) electrons. The van der Waals surface area contributed by atoms with Gasteiger partial charge in [0.15, 0.2) is 18.7 Å². The molecule has 1 aromatic heterocycles. The molecule has 5 rings (SSSR count). The van der Waals surface area contributed by atoms with Crippen molar-refractivity contribution >= 4 is 46.6 Å². The smallest absolute Gasteiger partial charge is 0.316 e. The maximum Gasteiger partial charge on any atom is 0.316 e. The highest BCUT2D eigenvalue weighted by molar-refractivity contribution is 7.13. The molecule has 0 aliphatic carbocycles. The number of hydrogen-bond donors (Lipinski definition) is 2. The number of thiophene rings is 1. The highest BCUT2D eigenvalue weighted by atomic mass is 32.1. The van der Waals surface area contributed by atoms with Crippen molar-refractivity contribution in [2.45, 2.75) is 148 Å². The van der Waals surface area contributed by atoms with Crippen molar-refractivity contribution in [3.05, 3.63) is 57.8 Å². The van der Waals surface area contributed by atoms with Crippen LogP contribution in [0.5, 0.6) is 0 Å². The maximum absolute atomic E-state index is 14.5. The predicted octanol–water partition coefficient (Wildman–Crippen LogP) is 5.49. The normalized spacial score (nSPS) is 35.3. The van der Waals surface area contributed by atoms with E-state index in [0.717, 1.165) is 15.3 Å². The zero-order valence-electron chi connectivity index (χ0n) is 38.2. The Morgan fingerprint density at radius 3 is 2.44 bits per heavy atom. The van der Waals surface area contributed by atoms with Crippen LogP contribution in [0.15, 0.2) is 57.8 Å². The number of nitrogens with zero attached hydrogens (tertiary/aromatic N) is 4. The minimum atomic E-state index is -1.83. The van der Waals surface area contributed by atoms with Crippen LogP contribution in [0.1, 0.15) is 96.4 Å². The first kappa shape index (κ1) is 50.1. The molecule has 1 amide bonds. The van der Waals surface area contributed by atoms with Gasteiger partial charge in [-0.3, -0.25) is 14.4 Å². The predicted molar refractivity (Wildman–Crippen MR) is 237 cm³/mol. The van der Waals surface area contributed by atoms with Gasteiger partial charge in [-0.25, -0.2) is 4.99 Å². The Hall–Kier alpha value is -3.94. The highest BCUT2D eigenvalue weighted by Gasteiger charge is 2.51. The number of carbonyl (C=O) groups is 3. The van der Waals surface area contributed by atoms with Crippen LogP contribution in [0, 0.1) is 17.8 Å². The number of aliphatic hydroxyl groups is 2. The third-order valence-corrected chi connectivity index (χ3v) is 13.2. The third-order valence-electron chi connectivity index (χ3n) is 12.2. The number of likely N-dealkylation sites (N-methyl/N-ethyl adjacent to an activating group) is 1. The lowest BCUT2D eigenvalue weighted by molar-refractivity contribution is -0.296. The molecular weight excluding hydrogens is 833 g/mol. The highest BCUT2D eigenvalue weighted by Crippen LogP contribution is 2.39. The van der Waals surface area contributed by atoms with Crippen molar-refractivity contribution in [3.63, 3.8) is 0 Å². The van der Waals surface area contributed by atoms with Crippen LogP contribution in [0.2, 0.25) is 0 Å². The first-order valence-corrected chi connectivity index (χ1v) is 22.6. The van der Waals surface area contributed by atoms with Gasteiger partial charge in [-0.05, 0) is 84.7 Å². The average Bonchev–Trinajstić information content (AvgIpc) is 3.69. The van der Waals surface area contributed by atoms with Crippen molar-refractivity contribution < 1.29 is 58.0 Å². The summed E-state index contributed by atoms with van der Waals surface area (Å²) in [6.07, 6.45) is -3.46. The fraction of sp³-hybridized carbons (Fsp3) is 0.652. The van der Waals surface area contributed by atoms with Gasteiger partial charge in [0.05, 0.1) is 43.3 Å². The maximum atomic E-state index is 14.5. The fourth-order valence-corrected chi connectivity index (χ4v) is 9.31. The Balaban J connectivity index is 1.53. The number of carbonyl (C=O) groups excluding carboxylic acids is 3. The number of ketones is 1. The molecule has 2 N–H and O–H groups in total. The summed E-state index contributed by atoms with van der Waals surface area (Å²) in [6, 6.07) is 13.2. The lowest BCUT2D eigenvalue weighted by Gasteiger charge is -2.47. The van der Waals surface area contributed by atoms with E-state index in [1.807, 2.05) is 75.3 Å². The summed E-state index contributed by atoms with van der Waals surface area (Å²) in [4.78, 5) is 60.5. The number of fused-ring (bicyclic) bond motifs is 5. The van der Waals surface area contributed by atoms with E-state index in [0.29, 0.717) is 24.5 Å². The largest absolute Gasteiger partial charge is 0.459 e. The van der Waals surface area contributed by atoms with Crippen LogP contribution in [0.4, 0.5) is 0 Å². The minimum absolute atomic E-state index is 0.0252. The topological polar surface area (TPSA) is 197 Å². The number of oxime groups is 2. The van der Waals surface area contributed by atoms with E-state index in [1.165, 1.54) is 32.1 Å². The molecule has 2 aromatic rings. The minimum Gasteiger partial charge on any atom is -0.459 e. The van der Waals surface area contributed by atoms with Crippen LogP contribution < -0.4 is 0 Å². The van der Waals surface area contributed by atoms with Crippen molar-refractivity contribution in [1.82, 2.24) is 4.90 Å². The van der Waals surface area contributed by atoms with Crippen molar-refractivity contribution in [2.75, 3.05) is 27.3 Å². The molecule has 3 saturated heterocycles. The molecule has 3 fully saturated rings. The Morgan fingerprint density at radius 1 is 1.03 bits per heavy atom. The summed E-state index contributed by atoms with van der Waals surface area (Å²) >= 11 is 1.45. The molecule has 12 atom stereocenters. The third kappa shape index (κ3) is 13.1. The number of hydrogen-bond acceptors (Lipinski definition) is 16. The lowest BCUT2D eigenvalue weighted by Crippen LogP contribution is -2.59. The summed E-state index contributed by atoms with van der Waals surface area (Å²) in [6.45, 7) is 13.4. The summed E-state index contributed by atoms with van der Waals surface area (Å²) in [5, 5.41) is 32.5. The number of amides is 1. The number of rotatable bonds is 11. The molecule has 348 valence electrons. The Bertz CT molecular complexity index is 1940. The van der Waals surface area contributed by atoms with E-state index in [9.17, 15) is 24.6 Å². The summed E-state index contributed by atoms with van der Waals surface area (Å²) in [5.74, 6) is -4.58. The number of benzene rings is 1. The standard InChI is InChI=1S/C46H66N4O12S/c1-11-38-46(8,55)39-20-36(48-31(6)51)27(2)21-45(7,42(29(4)40(52)30(5)43(54)61-38)62-44-41(53)37(50(9)10)19-28(3)60-44)57-25-33(24-56-39)49-59-26-35-18-17-34(63-35)22-47-58-23-32-15-13-12-14-16-32/h12-18,22,27-30,37-39,41-42,44,53,55H,11,19-21,23-26H2,1-10H3/b47-22+,48-36?,49-33-/t27-,28-,29+,30-,37+,38-,39-,41-,42-,44+,45-,46-/m1/s1. The number of ether oxygens (including phenoxy) is 5. The van der Waals surface area contributed by atoms with E-state index in [4.69, 9.17) is 33.4 Å². The van der Waals surface area contributed by atoms with E-state index < -0.39 is 77.3 Å². The molecule has 63 heavy (non-hydrogen) atoms. The van der Waals surface area contributed by atoms with Gasteiger partial charge in [-0.2, -0.15) is 0 Å². The molecule has 3 aliphatic rings. The molecule has 4 heterocycles. The molecular formula is C46H66N4O12S. The van der Waals surface area contributed by atoms with Gasteiger partial charge in [-0.1, -0.05) is 61.4 Å². The van der Waals surface area contributed by atoms with E-state index in [2.05, 4.69) is 15.3 Å². The van der Waals surface area contributed by atoms with Gasteiger partial charge in [0.2, 0.25) is 5.91 Å². The molecule has 0 unspecified atom stereocenters. The molecule has 0 spiro atoms. The van der Waals surface area contributed by atoms with Crippen LogP contribution in [0.3, 0.4) is 0 Å².